The van der Waals surface area contributed by atoms with Crippen molar-refractivity contribution in [1.29, 1.82) is 5.26 Å². The minimum absolute atomic E-state index is 0.0906. The van der Waals surface area contributed by atoms with Crippen molar-refractivity contribution in [2.45, 2.75) is 44.3 Å². The van der Waals surface area contributed by atoms with Gasteiger partial charge in [-0.2, -0.15) is 5.26 Å². The highest BCUT2D eigenvalue weighted by Gasteiger charge is 2.45. The summed E-state index contributed by atoms with van der Waals surface area (Å²) in [6.07, 6.45) is 1.55. The van der Waals surface area contributed by atoms with E-state index in [1.165, 1.54) is 0 Å². The topological polar surface area (TPSA) is 123 Å². The maximum atomic E-state index is 13.2. The third-order valence-electron chi connectivity index (χ3n) is 5.99. The molecule has 2 fully saturated rings. The minimum atomic E-state index is -0.975. The summed E-state index contributed by atoms with van der Waals surface area (Å²) in [5.74, 6) is -2.01. The van der Waals surface area contributed by atoms with Crippen molar-refractivity contribution in [2.75, 3.05) is 19.6 Å². The Morgan fingerprint density at radius 3 is 2.70 bits per heavy atom. The summed E-state index contributed by atoms with van der Waals surface area (Å²) in [5.41, 5.74) is 1.32. The van der Waals surface area contributed by atoms with Gasteiger partial charge in [-0.1, -0.05) is 12.1 Å². The van der Waals surface area contributed by atoms with E-state index in [0.717, 1.165) is 24.4 Å². The molecular formula is C21H23N5O4. The lowest BCUT2D eigenvalue weighted by molar-refractivity contribution is -0.136. The van der Waals surface area contributed by atoms with E-state index in [4.69, 9.17) is 5.26 Å². The van der Waals surface area contributed by atoms with Gasteiger partial charge in [0.2, 0.25) is 11.8 Å². The van der Waals surface area contributed by atoms with Crippen molar-refractivity contribution in [3.63, 3.8) is 0 Å². The number of nitrogens with one attached hydrogen (secondary N) is 2. The number of fused-ring (bicyclic) bond motifs is 1. The molecule has 0 spiro atoms. The number of amides is 4. The highest BCUT2D eigenvalue weighted by molar-refractivity contribution is 6.24. The second-order valence-electron chi connectivity index (χ2n) is 7.81. The van der Waals surface area contributed by atoms with Crippen molar-refractivity contribution in [3.05, 3.63) is 34.9 Å². The third-order valence-corrected chi connectivity index (χ3v) is 5.99. The second kappa shape index (κ2) is 8.34. The van der Waals surface area contributed by atoms with E-state index >= 15 is 0 Å². The van der Waals surface area contributed by atoms with Crippen molar-refractivity contribution in [3.8, 4) is 6.07 Å². The fourth-order valence-corrected chi connectivity index (χ4v) is 4.47. The lowest BCUT2D eigenvalue weighted by Crippen LogP contribution is -2.54. The van der Waals surface area contributed by atoms with E-state index in [9.17, 15) is 19.2 Å². The minimum Gasteiger partial charge on any atom is -0.315 e. The molecule has 0 saturated carbocycles. The first-order chi connectivity index (χ1) is 14.5. The maximum absolute atomic E-state index is 13.2. The fourth-order valence-electron chi connectivity index (χ4n) is 4.47. The molecular weight excluding hydrogens is 386 g/mol. The van der Waals surface area contributed by atoms with Crippen LogP contribution in [0.25, 0.3) is 0 Å². The molecule has 3 aliphatic rings. The number of hydrogen-bond donors (Lipinski definition) is 2. The molecule has 0 aliphatic carbocycles. The highest BCUT2D eigenvalue weighted by Crippen LogP contribution is 2.31. The lowest BCUT2D eigenvalue weighted by atomic mass is 10.0. The Morgan fingerprint density at radius 2 is 2.00 bits per heavy atom. The van der Waals surface area contributed by atoms with Crippen LogP contribution in [0.15, 0.2) is 18.2 Å². The number of hydrogen-bond acceptors (Lipinski definition) is 7. The molecule has 1 aromatic rings. The molecule has 0 aromatic heterocycles. The number of carbonyl (C=O) groups excluding carboxylic acids is 4. The van der Waals surface area contributed by atoms with Crippen LogP contribution in [0.1, 0.15) is 52.0 Å². The van der Waals surface area contributed by atoms with Crippen molar-refractivity contribution >= 4 is 23.6 Å². The number of carbonyl (C=O) groups is 4. The zero-order valence-corrected chi connectivity index (χ0v) is 16.5. The number of nitriles is 1. The average Bonchev–Trinajstić information content (AvgIpc) is 3.34. The normalized spacial score (nSPS) is 23.7. The Balaban J connectivity index is 1.62. The summed E-state index contributed by atoms with van der Waals surface area (Å²) in [4.78, 5) is 53.1. The Hall–Kier alpha value is -3.09. The van der Waals surface area contributed by atoms with Gasteiger partial charge in [-0.3, -0.25) is 34.3 Å². The van der Waals surface area contributed by atoms with Gasteiger partial charge >= 0.3 is 0 Å². The summed E-state index contributed by atoms with van der Waals surface area (Å²) in [5, 5.41) is 14.5. The van der Waals surface area contributed by atoms with Crippen molar-refractivity contribution in [1.82, 2.24) is 20.4 Å². The second-order valence-corrected chi connectivity index (χ2v) is 7.81. The molecule has 3 heterocycles. The number of benzene rings is 1. The van der Waals surface area contributed by atoms with Gasteiger partial charge < -0.3 is 5.32 Å². The molecule has 2 unspecified atom stereocenters. The van der Waals surface area contributed by atoms with Gasteiger partial charge in [0.25, 0.3) is 11.8 Å². The summed E-state index contributed by atoms with van der Waals surface area (Å²) in [6.45, 7) is 2.74. The molecule has 4 amide bonds. The zero-order chi connectivity index (χ0) is 21.3. The quantitative estimate of drug-likeness (QED) is 0.642. The van der Waals surface area contributed by atoms with E-state index < -0.39 is 29.7 Å². The smallest absolute Gasteiger partial charge is 0.262 e. The number of nitrogens with zero attached hydrogens (tertiary/aromatic N) is 3. The molecule has 9 heteroatoms. The van der Waals surface area contributed by atoms with Crippen LogP contribution < -0.4 is 10.6 Å². The van der Waals surface area contributed by atoms with Gasteiger partial charge in [-0.15, -0.1) is 0 Å². The summed E-state index contributed by atoms with van der Waals surface area (Å²) >= 11 is 0. The number of piperidine rings is 1. The van der Waals surface area contributed by atoms with Crippen LogP contribution in [0, 0.1) is 11.3 Å². The first-order valence-corrected chi connectivity index (χ1v) is 10.2. The number of rotatable bonds is 6. The average molecular weight is 409 g/mol. The molecule has 2 atom stereocenters. The van der Waals surface area contributed by atoms with Gasteiger partial charge in [0, 0.05) is 38.5 Å². The van der Waals surface area contributed by atoms with E-state index in [-0.39, 0.29) is 24.4 Å². The Kier molecular flexibility index (Phi) is 5.61. The van der Waals surface area contributed by atoms with Crippen LogP contribution >= 0.6 is 0 Å². The summed E-state index contributed by atoms with van der Waals surface area (Å²) in [7, 11) is 0. The van der Waals surface area contributed by atoms with Crippen molar-refractivity contribution < 1.29 is 19.2 Å². The largest absolute Gasteiger partial charge is 0.315 e. The van der Waals surface area contributed by atoms with E-state index in [1.54, 1.807) is 12.1 Å². The Labute approximate surface area is 174 Å². The number of imide groups is 2. The lowest BCUT2D eigenvalue weighted by Gasteiger charge is -2.29. The third kappa shape index (κ3) is 3.60. The van der Waals surface area contributed by atoms with Gasteiger partial charge in [0.1, 0.15) is 6.04 Å². The van der Waals surface area contributed by atoms with Crippen LogP contribution in [0.5, 0.6) is 0 Å². The molecule has 2 saturated heterocycles. The molecule has 9 nitrogen and oxygen atoms in total. The van der Waals surface area contributed by atoms with E-state index in [2.05, 4.69) is 21.6 Å². The molecule has 3 aliphatic heterocycles. The molecule has 2 N–H and O–H groups in total. The van der Waals surface area contributed by atoms with Crippen molar-refractivity contribution in [2.24, 2.45) is 0 Å². The Bertz CT molecular complexity index is 947. The molecule has 0 bridgehead atoms. The van der Waals surface area contributed by atoms with Crippen LogP contribution in [-0.2, 0) is 16.1 Å². The first kappa shape index (κ1) is 20.2. The maximum Gasteiger partial charge on any atom is 0.262 e. The summed E-state index contributed by atoms with van der Waals surface area (Å²) in [6, 6.07) is 6.61. The fraction of sp³-hybridized carbons (Fsp3) is 0.476. The summed E-state index contributed by atoms with van der Waals surface area (Å²) < 4.78 is 0. The van der Waals surface area contributed by atoms with E-state index in [1.807, 2.05) is 6.07 Å². The van der Waals surface area contributed by atoms with Crippen LogP contribution in [-0.4, -0.2) is 65.1 Å². The predicted octanol–water partition coefficient (Wildman–Crippen LogP) is 0.165. The van der Waals surface area contributed by atoms with Gasteiger partial charge in [-0.25, -0.2) is 0 Å². The van der Waals surface area contributed by atoms with Gasteiger partial charge in [-0.05, 0) is 31.0 Å². The standard InChI is InChI=1S/C21H23N5O4/c22-8-2-10-25(14-7-9-23-11-14)12-13-3-1-4-15-18(13)21(30)26(20(15)29)16-5-6-17(27)24-19(16)28/h1,3-4,14,16,23H,2,5-7,9-12H2,(H,24,27,28). The SMILES string of the molecule is N#CCCN(Cc1cccc2c1C(=O)N(C1CCC(=O)NC1=O)C2=O)C1CCNC1. The van der Waals surface area contributed by atoms with Crippen LogP contribution in [0.2, 0.25) is 0 Å². The first-order valence-electron chi connectivity index (χ1n) is 10.2. The molecule has 4 rings (SSSR count). The van der Waals surface area contributed by atoms with E-state index in [0.29, 0.717) is 30.6 Å². The monoisotopic (exact) mass is 409 g/mol. The molecule has 156 valence electrons. The van der Waals surface area contributed by atoms with Gasteiger partial charge in [0.15, 0.2) is 0 Å². The Morgan fingerprint density at radius 1 is 1.17 bits per heavy atom. The highest BCUT2D eigenvalue weighted by atomic mass is 16.2. The zero-order valence-electron chi connectivity index (χ0n) is 16.5. The molecule has 1 aromatic carbocycles. The molecule has 30 heavy (non-hydrogen) atoms. The molecule has 0 radical (unpaired) electrons. The van der Waals surface area contributed by atoms with Crippen LogP contribution in [0.3, 0.4) is 0 Å². The van der Waals surface area contributed by atoms with Crippen LogP contribution in [0.4, 0.5) is 0 Å². The predicted molar refractivity (Wildman–Crippen MR) is 105 cm³/mol. The van der Waals surface area contributed by atoms with Gasteiger partial charge in [0.05, 0.1) is 17.2 Å².